The largest absolute Gasteiger partial charge is 0.495 e. The molecule has 3 atom stereocenters. The molecule has 0 fully saturated rings. The SMILES string of the molecule is COc1ccc(CC(NC(=O)/C=C/CC(O[Si](C)(C)C(C)(C)C)C(C)/C=C/c2cnccn2)C(=O)O)cc1Cl. The monoisotopic (exact) mass is 573 g/mol. The first kappa shape index (κ1) is 32.2. The van der Waals surface area contributed by atoms with E-state index in [4.69, 9.17) is 20.8 Å². The van der Waals surface area contributed by atoms with Crippen LogP contribution in [0, 0.1) is 5.92 Å². The van der Waals surface area contributed by atoms with E-state index in [-0.39, 0.29) is 23.5 Å². The minimum absolute atomic E-state index is 0.0136. The summed E-state index contributed by atoms with van der Waals surface area (Å²) in [5.74, 6) is -1.10. The van der Waals surface area contributed by atoms with Crippen LogP contribution in [0.15, 0.2) is 55.0 Å². The lowest BCUT2D eigenvalue weighted by Crippen LogP contribution is -2.45. The number of aliphatic carboxylic acids is 1. The molecule has 0 spiro atoms. The summed E-state index contributed by atoms with van der Waals surface area (Å²) in [4.78, 5) is 32.9. The van der Waals surface area contributed by atoms with E-state index in [2.05, 4.69) is 56.1 Å². The topological polar surface area (TPSA) is 111 Å². The Labute approximate surface area is 237 Å². The lowest BCUT2D eigenvalue weighted by Gasteiger charge is -2.40. The van der Waals surface area contributed by atoms with Crippen LogP contribution in [0.25, 0.3) is 6.08 Å². The number of hydrogen-bond donors (Lipinski definition) is 2. The van der Waals surface area contributed by atoms with Crippen LogP contribution < -0.4 is 10.1 Å². The highest BCUT2D eigenvalue weighted by Crippen LogP contribution is 2.38. The molecule has 0 bridgehead atoms. The second-order valence-electron chi connectivity index (χ2n) is 11.0. The smallest absolute Gasteiger partial charge is 0.326 e. The maximum atomic E-state index is 12.7. The van der Waals surface area contributed by atoms with E-state index >= 15 is 0 Å². The number of carbonyl (C=O) groups is 2. The normalized spacial score (nSPS) is 14.8. The first-order valence-electron chi connectivity index (χ1n) is 12.9. The zero-order valence-corrected chi connectivity index (χ0v) is 25.5. The average Bonchev–Trinajstić information content (AvgIpc) is 2.86. The number of ether oxygens (including phenoxy) is 1. The number of methoxy groups -OCH3 is 1. The van der Waals surface area contributed by atoms with Gasteiger partial charge in [0.2, 0.25) is 5.91 Å². The number of carboxylic acids is 1. The Kier molecular flexibility index (Phi) is 11.9. The van der Waals surface area contributed by atoms with Crippen LogP contribution in [0.1, 0.15) is 45.4 Å². The predicted octanol–water partition coefficient (Wildman–Crippen LogP) is 5.94. The quantitative estimate of drug-likeness (QED) is 0.225. The van der Waals surface area contributed by atoms with E-state index in [0.717, 1.165) is 5.69 Å². The van der Waals surface area contributed by atoms with Crippen molar-refractivity contribution in [1.82, 2.24) is 15.3 Å². The summed E-state index contributed by atoms with van der Waals surface area (Å²) in [5.41, 5.74) is 1.42. The van der Waals surface area contributed by atoms with Gasteiger partial charge in [0.1, 0.15) is 11.8 Å². The van der Waals surface area contributed by atoms with E-state index in [1.807, 2.05) is 12.2 Å². The number of carbonyl (C=O) groups excluding carboxylic acids is 1. The summed E-state index contributed by atoms with van der Waals surface area (Å²) in [5, 5.41) is 12.6. The standard InChI is InChI=1S/C29H40ClN3O5Si/c1-20(11-13-22-19-31-15-16-32-22)25(38-39(6,7)29(2,3)4)9-8-10-27(34)33-24(28(35)36)18-21-12-14-26(37-5)23(30)17-21/h8,10-17,19-20,24-25H,9,18H2,1-7H3,(H,33,34)(H,35,36)/b10-8+,13-11+. The number of aromatic nitrogens is 2. The average molecular weight is 574 g/mol. The second-order valence-corrected chi connectivity index (χ2v) is 16.1. The van der Waals surface area contributed by atoms with Crippen molar-refractivity contribution < 1.29 is 23.9 Å². The van der Waals surface area contributed by atoms with Crippen molar-refractivity contribution >= 4 is 37.9 Å². The van der Waals surface area contributed by atoms with Crippen molar-refractivity contribution in [1.29, 1.82) is 0 Å². The van der Waals surface area contributed by atoms with Crippen LogP contribution in [0.3, 0.4) is 0 Å². The lowest BCUT2D eigenvalue weighted by atomic mass is 10.0. The van der Waals surface area contributed by atoms with E-state index in [0.29, 0.717) is 22.8 Å². The predicted molar refractivity (Wildman–Crippen MR) is 157 cm³/mol. The van der Waals surface area contributed by atoms with Gasteiger partial charge in [0.25, 0.3) is 0 Å². The summed E-state index contributed by atoms with van der Waals surface area (Å²) < 4.78 is 11.9. The van der Waals surface area contributed by atoms with E-state index in [1.54, 1.807) is 42.9 Å². The Hall–Kier alpha value is -3.01. The summed E-state index contributed by atoms with van der Waals surface area (Å²) in [7, 11) is -0.602. The molecule has 2 N–H and O–H groups in total. The Balaban J connectivity index is 2.11. The Morgan fingerprint density at radius 3 is 2.51 bits per heavy atom. The van der Waals surface area contributed by atoms with Crippen LogP contribution in [-0.2, 0) is 20.4 Å². The summed E-state index contributed by atoms with van der Waals surface area (Å²) in [6.45, 7) is 13.0. The summed E-state index contributed by atoms with van der Waals surface area (Å²) in [6, 6.07) is 3.92. The first-order valence-corrected chi connectivity index (χ1v) is 16.2. The van der Waals surface area contributed by atoms with Crippen LogP contribution in [0.2, 0.25) is 23.2 Å². The van der Waals surface area contributed by atoms with Gasteiger partial charge in [-0.15, -0.1) is 0 Å². The third kappa shape index (κ3) is 10.2. The van der Waals surface area contributed by atoms with Gasteiger partial charge in [-0.2, -0.15) is 0 Å². The van der Waals surface area contributed by atoms with Crippen molar-refractivity contribution in [3.8, 4) is 5.75 Å². The summed E-state index contributed by atoms with van der Waals surface area (Å²) in [6.07, 6.45) is 12.4. The van der Waals surface area contributed by atoms with E-state index < -0.39 is 26.2 Å². The first-order chi connectivity index (χ1) is 18.2. The van der Waals surface area contributed by atoms with Gasteiger partial charge in [-0.3, -0.25) is 14.8 Å². The van der Waals surface area contributed by atoms with Crippen LogP contribution in [0.4, 0.5) is 0 Å². The van der Waals surface area contributed by atoms with Crippen LogP contribution >= 0.6 is 11.6 Å². The highest BCUT2D eigenvalue weighted by molar-refractivity contribution is 6.74. The van der Waals surface area contributed by atoms with Gasteiger partial charge in [-0.1, -0.05) is 57.5 Å². The maximum absolute atomic E-state index is 12.7. The number of benzene rings is 1. The fraction of sp³-hybridized carbons (Fsp3) is 0.448. The molecule has 0 radical (unpaired) electrons. The highest BCUT2D eigenvalue weighted by atomic mass is 35.5. The van der Waals surface area contributed by atoms with Crippen LogP contribution in [0.5, 0.6) is 5.75 Å². The number of halogens is 1. The zero-order valence-electron chi connectivity index (χ0n) is 23.8. The van der Waals surface area contributed by atoms with E-state index in [1.165, 1.54) is 13.2 Å². The van der Waals surface area contributed by atoms with E-state index in [9.17, 15) is 14.7 Å². The minimum Gasteiger partial charge on any atom is -0.495 e. The molecular weight excluding hydrogens is 534 g/mol. The van der Waals surface area contributed by atoms with Gasteiger partial charge in [0.05, 0.1) is 30.1 Å². The molecule has 3 unspecified atom stereocenters. The molecule has 0 saturated carbocycles. The van der Waals surface area contributed by atoms with Crippen molar-refractivity contribution in [2.24, 2.45) is 5.92 Å². The number of nitrogens with one attached hydrogen (secondary N) is 1. The number of carboxylic acid groups (broad SMARTS) is 1. The number of nitrogens with zero attached hydrogens (tertiary/aromatic N) is 2. The molecule has 2 rings (SSSR count). The Bertz CT molecular complexity index is 1170. The molecule has 212 valence electrons. The second kappa shape index (κ2) is 14.4. The lowest BCUT2D eigenvalue weighted by molar-refractivity contribution is -0.141. The number of rotatable bonds is 13. The molecule has 0 saturated heterocycles. The number of amides is 1. The molecule has 2 aromatic rings. The molecular formula is C29H40ClN3O5Si. The third-order valence-electron chi connectivity index (χ3n) is 6.90. The van der Waals surface area contributed by atoms with Gasteiger partial charge in [0.15, 0.2) is 8.32 Å². The molecule has 0 aliphatic carbocycles. The fourth-order valence-electron chi connectivity index (χ4n) is 3.50. The van der Waals surface area contributed by atoms with Crippen molar-refractivity contribution in [2.75, 3.05) is 7.11 Å². The Morgan fingerprint density at radius 1 is 1.23 bits per heavy atom. The molecule has 1 heterocycles. The molecule has 10 heteroatoms. The van der Waals surface area contributed by atoms with Gasteiger partial charge in [-0.25, -0.2) is 4.79 Å². The number of hydrogen-bond acceptors (Lipinski definition) is 6. The highest BCUT2D eigenvalue weighted by Gasteiger charge is 2.39. The van der Waals surface area contributed by atoms with Gasteiger partial charge < -0.3 is 19.6 Å². The van der Waals surface area contributed by atoms with Gasteiger partial charge in [-0.05, 0) is 60.3 Å². The zero-order chi connectivity index (χ0) is 29.2. The molecule has 1 aromatic heterocycles. The molecule has 8 nitrogen and oxygen atoms in total. The molecule has 1 aromatic carbocycles. The summed E-state index contributed by atoms with van der Waals surface area (Å²) >= 11 is 6.16. The maximum Gasteiger partial charge on any atom is 0.326 e. The minimum atomic E-state index is -2.11. The molecule has 0 aliphatic rings. The third-order valence-corrected chi connectivity index (χ3v) is 11.7. The molecule has 39 heavy (non-hydrogen) atoms. The fourth-order valence-corrected chi connectivity index (χ4v) is 5.20. The van der Waals surface area contributed by atoms with Crippen LogP contribution in [-0.4, -0.2) is 54.5 Å². The molecule has 0 aliphatic heterocycles. The molecule has 1 amide bonds. The van der Waals surface area contributed by atoms with Crippen molar-refractivity contribution in [3.63, 3.8) is 0 Å². The van der Waals surface area contributed by atoms with Gasteiger partial charge in [0, 0.05) is 18.8 Å². The van der Waals surface area contributed by atoms with Crippen molar-refractivity contribution in [3.05, 3.63) is 71.3 Å². The van der Waals surface area contributed by atoms with Crippen molar-refractivity contribution in [2.45, 2.75) is 70.8 Å². The Morgan fingerprint density at radius 2 is 1.95 bits per heavy atom. The van der Waals surface area contributed by atoms with Gasteiger partial charge >= 0.3 is 5.97 Å².